The van der Waals surface area contributed by atoms with Gasteiger partial charge in [0.25, 0.3) is 0 Å². The lowest BCUT2D eigenvalue weighted by atomic mass is 9.97. The molecule has 0 saturated heterocycles. The Bertz CT molecular complexity index is 1800. The minimum absolute atomic E-state index is 0.0222. The summed E-state index contributed by atoms with van der Waals surface area (Å²) < 4.78 is 26.1. The van der Waals surface area contributed by atoms with Gasteiger partial charge in [-0.05, 0) is 79.7 Å². The van der Waals surface area contributed by atoms with Crippen molar-refractivity contribution in [3.63, 3.8) is 0 Å². The van der Waals surface area contributed by atoms with Gasteiger partial charge in [-0.1, -0.05) is 75.7 Å². The van der Waals surface area contributed by atoms with Crippen LogP contribution in [0.2, 0.25) is 0 Å². The molecule has 22 heteroatoms. The largest absolute Gasteiger partial charge is 0.511 e. The molecule has 3 aromatic rings. The summed E-state index contributed by atoms with van der Waals surface area (Å²) >= 11 is 0. The van der Waals surface area contributed by atoms with Crippen LogP contribution in [0.5, 0.6) is 0 Å². The van der Waals surface area contributed by atoms with Crippen LogP contribution in [0.25, 0.3) is 22.5 Å². The summed E-state index contributed by atoms with van der Waals surface area (Å²) in [4.78, 5) is 63.4. The zero-order chi connectivity index (χ0) is 45.4. The van der Waals surface area contributed by atoms with Crippen molar-refractivity contribution in [2.24, 2.45) is 5.92 Å². The minimum atomic E-state index is -1.30. The molecule has 62 heavy (non-hydrogen) atoms. The van der Waals surface area contributed by atoms with E-state index in [0.717, 1.165) is 27.9 Å². The molecular formula is C40H59N7O15. The van der Waals surface area contributed by atoms with E-state index >= 15 is 0 Å². The van der Waals surface area contributed by atoms with Crippen molar-refractivity contribution in [3.8, 4) is 22.5 Å². The predicted molar refractivity (Wildman–Crippen MR) is 213 cm³/mol. The van der Waals surface area contributed by atoms with Gasteiger partial charge in [0.1, 0.15) is 6.04 Å². The maximum absolute atomic E-state index is 13.7. The van der Waals surface area contributed by atoms with Gasteiger partial charge in [0, 0.05) is 25.5 Å². The lowest BCUT2D eigenvalue weighted by Gasteiger charge is -2.33. The van der Waals surface area contributed by atoms with E-state index in [0.29, 0.717) is 50.5 Å². The van der Waals surface area contributed by atoms with Gasteiger partial charge in [0.15, 0.2) is 0 Å². The second-order valence-corrected chi connectivity index (χ2v) is 14.3. The number of rotatable bonds is 28. The molecule has 0 aliphatic heterocycles. The molecule has 2 aromatic carbocycles. The molecule has 22 nitrogen and oxygen atoms in total. The molecule has 0 fully saturated rings. The van der Waals surface area contributed by atoms with E-state index in [9.17, 15) is 19.2 Å². The van der Waals surface area contributed by atoms with Gasteiger partial charge in [-0.15, -0.1) is 15.0 Å². The summed E-state index contributed by atoms with van der Waals surface area (Å²) in [5.41, 5.74) is 2.98. The number of nitrogens with zero attached hydrogens (tertiary/aromatic N) is 7. The fraction of sp³-hybridized carbons (Fsp3) is 0.575. The van der Waals surface area contributed by atoms with Crippen LogP contribution in [0, 0.1) is 5.92 Å². The normalized spacial score (nSPS) is 12.8. The Morgan fingerprint density at radius 2 is 1.26 bits per heavy atom. The second-order valence-electron chi connectivity index (χ2n) is 14.3. The summed E-state index contributed by atoms with van der Waals surface area (Å²) in [6.07, 6.45) is 0.564. The SMILES string of the molecule is CCCCC(=O)N(Cc1ccc(-c2ccccc2-c2nnn(C(C)OC(=O)OCCCCCON(O)O)n2)cc1)[C@H](C(=O)OC(C)OC(=O)OCCCCCON(O)O)C(C)C. The smallest absolute Gasteiger partial charge is 0.434 e. The van der Waals surface area contributed by atoms with E-state index in [1.807, 2.05) is 55.5 Å². The van der Waals surface area contributed by atoms with E-state index in [-0.39, 0.29) is 67.8 Å². The topological polar surface area (TPSA) is 267 Å². The highest BCUT2D eigenvalue weighted by atomic mass is 17.1. The summed E-state index contributed by atoms with van der Waals surface area (Å²) in [5, 5.41) is 46.1. The summed E-state index contributed by atoms with van der Waals surface area (Å²) in [6.45, 7) is 8.86. The number of hydrogen-bond donors (Lipinski definition) is 4. The van der Waals surface area contributed by atoms with Gasteiger partial charge in [-0.25, -0.2) is 14.4 Å². The van der Waals surface area contributed by atoms with Gasteiger partial charge >= 0.3 is 18.3 Å². The fourth-order valence-corrected chi connectivity index (χ4v) is 5.99. The van der Waals surface area contributed by atoms with Crippen LogP contribution in [-0.2, 0) is 49.5 Å². The Hall–Kier alpha value is -5.33. The van der Waals surface area contributed by atoms with Gasteiger partial charge in [0.2, 0.25) is 24.2 Å². The lowest BCUT2D eigenvalue weighted by Crippen LogP contribution is -2.49. The quantitative estimate of drug-likeness (QED) is 0.0196. The van der Waals surface area contributed by atoms with Crippen LogP contribution in [0.4, 0.5) is 9.59 Å². The van der Waals surface area contributed by atoms with E-state index in [4.69, 9.17) is 44.5 Å². The number of amides is 1. The Morgan fingerprint density at radius 3 is 1.82 bits per heavy atom. The van der Waals surface area contributed by atoms with Gasteiger partial charge < -0.3 is 28.6 Å². The van der Waals surface area contributed by atoms with Gasteiger partial charge in [0.05, 0.1) is 37.2 Å². The molecular weight excluding hydrogens is 818 g/mol. The molecule has 3 atom stereocenters. The number of benzene rings is 2. The molecule has 0 radical (unpaired) electrons. The highest BCUT2D eigenvalue weighted by Gasteiger charge is 2.35. The number of tetrazole rings is 1. The Labute approximate surface area is 359 Å². The molecule has 2 unspecified atom stereocenters. The zero-order valence-electron chi connectivity index (χ0n) is 35.7. The third kappa shape index (κ3) is 18.3. The zero-order valence-corrected chi connectivity index (χ0v) is 35.7. The molecule has 0 aliphatic rings. The number of hydrogen-bond acceptors (Lipinski definition) is 20. The van der Waals surface area contributed by atoms with Crippen LogP contribution in [-0.4, -0.2) is 120 Å². The number of ether oxygens (including phenoxy) is 5. The number of esters is 1. The summed E-state index contributed by atoms with van der Waals surface area (Å²) in [6, 6.07) is 13.9. The molecule has 1 amide bonds. The Kier molecular flexibility index (Phi) is 22.7. The van der Waals surface area contributed by atoms with Gasteiger partial charge in [-0.3, -0.25) is 35.3 Å². The van der Waals surface area contributed by atoms with Crippen molar-refractivity contribution < 1.29 is 73.4 Å². The fourth-order valence-electron chi connectivity index (χ4n) is 5.99. The van der Waals surface area contributed by atoms with Crippen molar-refractivity contribution in [1.82, 2.24) is 35.9 Å². The standard InChI is InChI=1S/C40H59N7O15/c1-6-7-18-35(48)44(36(28(2)3)38(49)61-30(5)62-40(51)57-24-13-9-15-26-59-47(54)55)27-31-19-21-32(22-20-31)33-16-10-11-17-34(33)37-41-43-45(42-37)29(4)60-39(50)56-23-12-8-14-25-58-46(52)53/h10-11,16-17,19-22,28-30,36,52-55H,6-9,12-15,18,23-27H2,1-5H3/t29?,30?,36-/m0/s1. The highest BCUT2D eigenvalue weighted by molar-refractivity contribution is 5.85. The molecule has 0 saturated carbocycles. The van der Waals surface area contributed by atoms with Gasteiger partial charge in [-0.2, -0.15) is 0 Å². The Morgan fingerprint density at radius 1 is 0.694 bits per heavy atom. The van der Waals surface area contributed by atoms with E-state index in [1.165, 1.54) is 11.8 Å². The number of carbonyl (C=O) groups is 4. The van der Waals surface area contributed by atoms with E-state index < -0.39 is 36.8 Å². The van der Waals surface area contributed by atoms with Crippen LogP contribution in [0.15, 0.2) is 48.5 Å². The van der Waals surface area contributed by atoms with Crippen LogP contribution in [0.1, 0.15) is 104 Å². The maximum Gasteiger partial charge on any atom is 0.511 e. The van der Waals surface area contributed by atoms with Crippen LogP contribution in [0.3, 0.4) is 0 Å². The molecule has 344 valence electrons. The van der Waals surface area contributed by atoms with Crippen molar-refractivity contribution in [1.29, 1.82) is 0 Å². The van der Waals surface area contributed by atoms with Crippen LogP contribution >= 0.6 is 0 Å². The predicted octanol–water partition coefficient (Wildman–Crippen LogP) is 6.63. The first-order valence-electron chi connectivity index (χ1n) is 20.5. The van der Waals surface area contributed by atoms with Crippen molar-refractivity contribution in [2.45, 2.75) is 118 Å². The number of aromatic nitrogens is 4. The molecule has 1 heterocycles. The lowest BCUT2D eigenvalue weighted by molar-refractivity contribution is -0.492. The van der Waals surface area contributed by atoms with E-state index in [1.54, 1.807) is 20.8 Å². The molecule has 3 rings (SSSR count). The third-order valence-electron chi connectivity index (χ3n) is 9.05. The average molecular weight is 878 g/mol. The summed E-state index contributed by atoms with van der Waals surface area (Å²) in [7, 11) is 0. The number of carbonyl (C=O) groups excluding carboxylic acids is 4. The van der Waals surface area contributed by atoms with E-state index in [2.05, 4.69) is 25.1 Å². The highest BCUT2D eigenvalue weighted by Crippen LogP contribution is 2.31. The van der Waals surface area contributed by atoms with Crippen molar-refractivity contribution in [2.75, 3.05) is 26.4 Å². The first-order valence-corrected chi connectivity index (χ1v) is 20.5. The molecule has 0 spiro atoms. The summed E-state index contributed by atoms with van der Waals surface area (Å²) in [5.74, 6) is -1.06. The van der Waals surface area contributed by atoms with Crippen molar-refractivity contribution >= 4 is 24.2 Å². The maximum atomic E-state index is 13.7. The van der Waals surface area contributed by atoms with Crippen molar-refractivity contribution in [3.05, 3.63) is 54.1 Å². The monoisotopic (exact) mass is 877 g/mol. The second kappa shape index (κ2) is 27.6. The average Bonchev–Trinajstić information content (AvgIpc) is 3.72. The molecule has 1 aromatic heterocycles. The third-order valence-corrected chi connectivity index (χ3v) is 9.05. The Balaban J connectivity index is 1.65. The number of unbranched alkanes of at least 4 members (excludes halogenated alkanes) is 5. The first kappa shape index (κ1) is 51.0. The van der Waals surface area contributed by atoms with Crippen LogP contribution < -0.4 is 0 Å². The first-order chi connectivity index (χ1) is 29.7. The minimum Gasteiger partial charge on any atom is -0.434 e. The molecule has 0 aliphatic carbocycles. The molecule has 4 N–H and O–H groups in total. The molecule has 0 bridgehead atoms.